The number of anilines is 1. The SMILES string of the molecule is C=S1(=O)CCC(C(=O)N2CCN(c3ncc(C(F)(F)F)cn3)C[C@H]2c2ccc(F)c(F)c2)CC1. The van der Waals surface area contributed by atoms with Crippen molar-refractivity contribution in [3.63, 3.8) is 0 Å². The molecule has 6 nitrogen and oxygen atoms in total. The molecule has 0 radical (unpaired) electrons. The molecule has 2 fully saturated rings. The molecule has 2 saturated heterocycles. The molecule has 0 aliphatic carbocycles. The van der Waals surface area contributed by atoms with Gasteiger partial charge < -0.3 is 9.80 Å². The van der Waals surface area contributed by atoms with Crippen molar-refractivity contribution in [2.24, 2.45) is 5.92 Å². The van der Waals surface area contributed by atoms with Gasteiger partial charge in [-0.15, -0.1) is 0 Å². The van der Waals surface area contributed by atoms with Gasteiger partial charge in [0.2, 0.25) is 11.9 Å². The Labute approximate surface area is 193 Å². The molecule has 0 saturated carbocycles. The van der Waals surface area contributed by atoms with E-state index in [2.05, 4.69) is 15.8 Å². The molecule has 1 amide bonds. The highest BCUT2D eigenvalue weighted by Gasteiger charge is 2.38. The summed E-state index contributed by atoms with van der Waals surface area (Å²) in [6, 6.07) is 2.66. The molecule has 184 valence electrons. The van der Waals surface area contributed by atoms with Crippen LogP contribution in [0.5, 0.6) is 0 Å². The molecule has 0 N–H and O–H groups in total. The van der Waals surface area contributed by atoms with Crippen molar-refractivity contribution in [2.75, 3.05) is 36.0 Å². The standard InChI is InChI=1S/C22H23F5N4O2S/c1-34(33)8-4-14(5-9-34)20(32)31-7-6-30(21-28-11-16(12-29-21)22(25,26)27)13-19(31)15-2-3-17(23)18(24)10-15/h2-3,10-12,14,19H,1,4-9,13H2/t14?,19-,34?/m0/s1. The third kappa shape index (κ3) is 5.16. The van der Waals surface area contributed by atoms with Crippen LogP contribution in [0.25, 0.3) is 0 Å². The Kier molecular flexibility index (Phi) is 6.54. The number of halogens is 5. The average Bonchev–Trinajstić information content (AvgIpc) is 2.79. The normalized spacial score (nSPS) is 25.9. The van der Waals surface area contributed by atoms with E-state index in [1.165, 1.54) is 6.07 Å². The molecule has 0 bridgehead atoms. The first kappa shape index (κ1) is 24.4. The summed E-state index contributed by atoms with van der Waals surface area (Å²) in [6.07, 6.45) is -2.35. The van der Waals surface area contributed by atoms with Crippen LogP contribution in [-0.2, 0) is 20.5 Å². The number of amides is 1. The molecule has 4 rings (SSSR count). The van der Waals surface area contributed by atoms with Crippen LogP contribution in [0.1, 0.15) is 30.0 Å². The number of rotatable bonds is 3. The number of alkyl halides is 3. The molecule has 0 spiro atoms. The second-order valence-electron chi connectivity index (χ2n) is 8.58. The summed E-state index contributed by atoms with van der Waals surface area (Å²) in [6.45, 7) is 0.514. The smallest absolute Gasteiger partial charge is 0.337 e. The van der Waals surface area contributed by atoms with Gasteiger partial charge in [-0.3, -0.25) is 9.00 Å². The summed E-state index contributed by atoms with van der Waals surface area (Å²) in [5.74, 6) is 1.81. The van der Waals surface area contributed by atoms with E-state index in [1.54, 1.807) is 9.80 Å². The van der Waals surface area contributed by atoms with E-state index in [9.17, 15) is 31.0 Å². The van der Waals surface area contributed by atoms with Gasteiger partial charge in [-0.25, -0.2) is 18.7 Å². The maximum Gasteiger partial charge on any atom is 0.419 e. The zero-order chi connectivity index (χ0) is 24.7. The van der Waals surface area contributed by atoms with Gasteiger partial charge in [-0.2, -0.15) is 13.2 Å². The third-order valence-electron chi connectivity index (χ3n) is 6.27. The number of carbonyl (C=O) groups excluding carboxylic acids is 1. The van der Waals surface area contributed by atoms with E-state index in [1.807, 2.05) is 0 Å². The van der Waals surface area contributed by atoms with Crippen LogP contribution in [0.2, 0.25) is 0 Å². The lowest BCUT2D eigenvalue weighted by molar-refractivity contribution is -0.139. The number of benzene rings is 1. The topological polar surface area (TPSA) is 66.4 Å². The van der Waals surface area contributed by atoms with Gasteiger partial charge in [-0.05, 0) is 45.9 Å². The van der Waals surface area contributed by atoms with Crippen molar-refractivity contribution >= 4 is 27.2 Å². The van der Waals surface area contributed by atoms with E-state index in [0.29, 0.717) is 42.3 Å². The molecule has 1 aromatic carbocycles. The Morgan fingerprint density at radius 3 is 2.29 bits per heavy atom. The molecule has 0 unspecified atom stereocenters. The number of aromatic nitrogens is 2. The molecule has 1 aromatic heterocycles. The predicted octanol–water partition coefficient (Wildman–Crippen LogP) is 3.29. The minimum atomic E-state index is -4.57. The highest BCUT2D eigenvalue weighted by atomic mass is 32.2. The maximum atomic E-state index is 14.0. The number of hydrogen-bond donors (Lipinski definition) is 0. The maximum absolute atomic E-state index is 14.0. The molecule has 12 heteroatoms. The molecular weight excluding hydrogens is 479 g/mol. The fourth-order valence-electron chi connectivity index (χ4n) is 4.31. The van der Waals surface area contributed by atoms with Crippen molar-refractivity contribution < 1.29 is 31.0 Å². The number of carbonyl (C=O) groups is 1. The molecule has 2 aromatic rings. The van der Waals surface area contributed by atoms with Gasteiger partial charge in [-0.1, -0.05) is 6.07 Å². The second kappa shape index (κ2) is 9.12. The Morgan fingerprint density at radius 2 is 1.71 bits per heavy atom. The van der Waals surface area contributed by atoms with Crippen LogP contribution >= 0.6 is 0 Å². The van der Waals surface area contributed by atoms with Crippen molar-refractivity contribution in [2.45, 2.75) is 25.1 Å². The summed E-state index contributed by atoms with van der Waals surface area (Å²) in [5, 5.41) is 0. The van der Waals surface area contributed by atoms with Gasteiger partial charge in [0.05, 0.1) is 11.6 Å². The first-order chi connectivity index (χ1) is 15.9. The first-order valence-electron chi connectivity index (χ1n) is 10.7. The molecule has 34 heavy (non-hydrogen) atoms. The highest BCUT2D eigenvalue weighted by Crippen LogP contribution is 2.33. The summed E-state index contributed by atoms with van der Waals surface area (Å²) >= 11 is 0. The molecule has 2 aliphatic rings. The summed E-state index contributed by atoms with van der Waals surface area (Å²) in [4.78, 5) is 24.2. The zero-order valence-corrected chi connectivity index (χ0v) is 18.9. The Hall–Kier alpha value is -2.76. The predicted molar refractivity (Wildman–Crippen MR) is 118 cm³/mol. The summed E-state index contributed by atoms with van der Waals surface area (Å²) in [5.41, 5.74) is -0.637. The molecular formula is C22H23F5N4O2S. The van der Waals surface area contributed by atoms with Crippen LogP contribution in [0.3, 0.4) is 0 Å². The van der Waals surface area contributed by atoms with Crippen LogP contribution in [0.4, 0.5) is 27.9 Å². The van der Waals surface area contributed by atoms with Crippen LogP contribution in [0.15, 0.2) is 30.6 Å². The van der Waals surface area contributed by atoms with E-state index in [4.69, 9.17) is 0 Å². The quantitative estimate of drug-likeness (QED) is 0.476. The van der Waals surface area contributed by atoms with Crippen molar-refractivity contribution in [1.29, 1.82) is 0 Å². The van der Waals surface area contributed by atoms with Crippen LogP contribution in [0, 0.1) is 17.6 Å². The Morgan fingerprint density at radius 1 is 1.06 bits per heavy atom. The van der Waals surface area contributed by atoms with Gasteiger partial charge in [0.1, 0.15) is 0 Å². The fraction of sp³-hybridized carbons (Fsp3) is 0.455. The van der Waals surface area contributed by atoms with Crippen molar-refractivity contribution in [3.05, 3.63) is 53.4 Å². The minimum Gasteiger partial charge on any atom is -0.337 e. The second-order valence-corrected chi connectivity index (χ2v) is 11.3. The van der Waals surface area contributed by atoms with E-state index < -0.39 is 38.9 Å². The monoisotopic (exact) mass is 502 g/mol. The van der Waals surface area contributed by atoms with Crippen LogP contribution in [-0.4, -0.2) is 62.0 Å². The first-order valence-corrected chi connectivity index (χ1v) is 12.7. The summed E-state index contributed by atoms with van der Waals surface area (Å²) in [7, 11) is -2.18. The zero-order valence-electron chi connectivity index (χ0n) is 18.1. The van der Waals surface area contributed by atoms with Crippen LogP contribution < -0.4 is 4.90 Å². The Bertz CT molecular complexity index is 1160. The van der Waals surface area contributed by atoms with E-state index >= 15 is 0 Å². The lowest BCUT2D eigenvalue weighted by atomic mass is 9.96. The highest BCUT2D eigenvalue weighted by molar-refractivity contribution is 8.00. The largest absolute Gasteiger partial charge is 0.419 e. The third-order valence-corrected chi connectivity index (χ3v) is 8.23. The number of nitrogens with zero attached hydrogens (tertiary/aromatic N) is 4. The minimum absolute atomic E-state index is 0.0437. The van der Waals surface area contributed by atoms with Crippen molar-refractivity contribution in [1.82, 2.24) is 14.9 Å². The van der Waals surface area contributed by atoms with Gasteiger partial charge in [0, 0.05) is 49.5 Å². The van der Waals surface area contributed by atoms with Gasteiger partial charge in [0.15, 0.2) is 11.6 Å². The lowest BCUT2D eigenvalue weighted by Crippen LogP contribution is -2.53. The summed E-state index contributed by atoms with van der Waals surface area (Å²) < 4.78 is 78.3. The van der Waals surface area contributed by atoms with Gasteiger partial charge in [0.25, 0.3) is 0 Å². The average molecular weight is 503 g/mol. The van der Waals surface area contributed by atoms with Gasteiger partial charge >= 0.3 is 6.18 Å². The van der Waals surface area contributed by atoms with E-state index in [0.717, 1.165) is 12.1 Å². The molecule has 2 aliphatic heterocycles. The fourth-order valence-corrected chi connectivity index (χ4v) is 5.94. The number of hydrogen-bond acceptors (Lipinski definition) is 5. The van der Waals surface area contributed by atoms with E-state index in [-0.39, 0.29) is 37.4 Å². The number of piperazine rings is 1. The van der Waals surface area contributed by atoms with Crippen molar-refractivity contribution in [3.8, 4) is 0 Å². The Balaban J connectivity index is 1.60. The molecule has 1 atom stereocenters. The molecule has 3 heterocycles. The lowest BCUT2D eigenvalue weighted by Gasteiger charge is -2.43.